The number of benzene rings is 7. The maximum atomic E-state index is 5.23. The van der Waals surface area contributed by atoms with E-state index < -0.39 is 6.17 Å². The molecule has 0 saturated heterocycles. The fraction of sp³-hybridized carbons (Fsp3) is 0.0208. The van der Waals surface area contributed by atoms with Gasteiger partial charge in [-0.2, -0.15) is 0 Å². The largest absolute Gasteiger partial charge is 0.438 e. The van der Waals surface area contributed by atoms with Gasteiger partial charge in [-0.3, -0.25) is 4.99 Å². The fourth-order valence-electron chi connectivity index (χ4n) is 7.65. The maximum absolute atomic E-state index is 5.23. The Balaban J connectivity index is 1.04. The van der Waals surface area contributed by atoms with Gasteiger partial charge < -0.3 is 10.3 Å². The van der Waals surface area contributed by atoms with Crippen LogP contribution in [0.25, 0.3) is 78.9 Å². The van der Waals surface area contributed by atoms with Gasteiger partial charge in [0, 0.05) is 51.3 Å². The summed E-state index contributed by atoms with van der Waals surface area (Å²) in [6, 6.07) is 59.8. The molecule has 1 atom stereocenters. The molecule has 1 aliphatic heterocycles. The molecule has 7 aromatic carbocycles. The van der Waals surface area contributed by atoms with Gasteiger partial charge in [0.05, 0.1) is 23.2 Å². The third-order valence-corrected chi connectivity index (χ3v) is 12.7. The number of hydrogen-bond donors (Lipinski definition) is 0. The molecule has 1 unspecified atom stereocenters. The molecule has 1 aliphatic rings. The van der Waals surface area contributed by atoms with E-state index in [2.05, 4.69) is 152 Å². The van der Waals surface area contributed by atoms with Crippen molar-refractivity contribution in [1.82, 2.24) is 4.98 Å². The molecule has 0 saturated carbocycles. The summed E-state index contributed by atoms with van der Waals surface area (Å²) in [6.07, 6.45) is -0.416. The molecule has 0 bridgehead atoms. The van der Waals surface area contributed by atoms with Gasteiger partial charge in [0.25, 0.3) is 0 Å². The molecule has 0 radical (unpaired) electrons. The first kappa shape index (κ1) is 31.1. The molecular formula is C48H29N4S2-. The molecule has 4 nitrogen and oxygen atoms in total. The molecular weight excluding hydrogens is 697 g/mol. The van der Waals surface area contributed by atoms with Crippen molar-refractivity contribution in [2.45, 2.75) is 6.17 Å². The molecule has 11 rings (SSSR count). The van der Waals surface area contributed by atoms with Gasteiger partial charge in [-0.15, -0.1) is 22.7 Å². The first-order valence-corrected chi connectivity index (χ1v) is 19.6. The van der Waals surface area contributed by atoms with Crippen molar-refractivity contribution in [1.29, 1.82) is 0 Å². The smallest absolute Gasteiger partial charge is 0.0822 e. The number of thiophene rings is 2. The van der Waals surface area contributed by atoms with Crippen LogP contribution in [0.15, 0.2) is 180 Å². The van der Waals surface area contributed by atoms with Crippen LogP contribution in [0.4, 0.5) is 0 Å². The van der Waals surface area contributed by atoms with Crippen LogP contribution >= 0.6 is 22.7 Å². The number of nitrogens with zero attached hydrogens (tertiary/aromatic N) is 4. The molecule has 0 aliphatic carbocycles. The van der Waals surface area contributed by atoms with Gasteiger partial charge in [-0.1, -0.05) is 151 Å². The number of para-hydroxylation sites is 1. The topological polar surface area (TPSA) is 51.7 Å². The molecule has 3 aromatic heterocycles. The number of rotatable bonds is 5. The van der Waals surface area contributed by atoms with Crippen LogP contribution in [0.3, 0.4) is 0 Å². The minimum Gasteiger partial charge on any atom is -0.438 e. The average Bonchev–Trinajstić information content (AvgIpc) is 3.83. The van der Waals surface area contributed by atoms with Gasteiger partial charge in [0.15, 0.2) is 0 Å². The highest BCUT2D eigenvalue weighted by molar-refractivity contribution is 7.27. The van der Waals surface area contributed by atoms with E-state index in [9.17, 15) is 0 Å². The SMILES string of the molecule is c1ccc(-c2nc3ccccc3c3sc4ccc(C5=NC(c6ccccc6)[N-]C(c6ccc(-c7cccc8c7sc7ccccc78)cc6)=N5)cc4c23)cc1. The van der Waals surface area contributed by atoms with Crippen LogP contribution in [0.2, 0.25) is 0 Å². The van der Waals surface area contributed by atoms with Crippen molar-refractivity contribution in [3.8, 4) is 22.4 Å². The Morgan fingerprint density at radius 1 is 0.481 bits per heavy atom. The summed E-state index contributed by atoms with van der Waals surface area (Å²) in [4.78, 5) is 15.6. The average molecular weight is 726 g/mol. The molecule has 54 heavy (non-hydrogen) atoms. The number of fused-ring (bicyclic) bond motifs is 8. The van der Waals surface area contributed by atoms with Crippen LogP contribution < -0.4 is 0 Å². The second-order valence-corrected chi connectivity index (χ2v) is 15.6. The Hall–Kier alpha value is -6.47. The molecule has 6 heteroatoms. The first-order chi connectivity index (χ1) is 26.7. The van der Waals surface area contributed by atoms with E-state index in [1.165, 1.54) is 46.1 Å². The summed E-state index contributed by atoms with van der Waals surface area (Å²) in [7, 11) is 0. The predicted molar refractivity (Wildman–Crippen MR) is 230 cm³/mol. The van der Waals surface area contributed by atoms with Gasteiger partial charge in [0.2, 0.25) is 0 Å². The summed E-state index contributed by atoms with van der Waals surface area (Å²) >= 11 is 3.67. The number of pyridine rings is 1. The maximum Gasteiger partial charge on any atom is 0.0822 e. The highest BCUT2D eigenvalue weighted by Crippen LogP contribution is 2.44. The normalized spacial score (nSPS) is 14.5. The summed E-state index contributed by atoms with van der Waals surface area (Å²) in [5.41, 5.74) is 8.44. The monoisotopic (exact) mass is 725 g/mol. The number of aromatic nitrogens is 1. The highest BCUT2D eigenvalue weighted by Gasteiger charge is 2.19. The molecule has 0 spiro atoms. The predicted octanol–water partition coefficient (Wildman–Crippen LogP) is 13.6. The van der Waals surface area contributed by atoms with E-state index >= 15 is 0 Å². The number of amidine groups is 2. The molecule has 0 amide bonds. The van der Waals surface area contributed by atoms with Crippen LogP contribution in [-0.2, 0) is 0 Å². The third kappa shape index (κ3) is 5.14. The fourth-order valence-corrected chi connectivity index (χ4v) is 10.1. The molecule has 0 fully saturated rings. The Morgan fingerprint density at radius 2 is 1.15 bits per heavy atom. The minimum atomic E-state index is -0.416. The Bertz CT molecular complexity index is 3120. The minimum absolute atomic E-state index is 0.416. The summed E-state index contributed by atoms with van der Waals surface area (Å²) in [6.45, 7) is 0. The van der Waals surface area contributed by atoms with Crippen LogP contribution in [0.5, 0.6) is 0 Å². The first-order valence-electron chi connectivity index (χ1n) is 18.0. The number of hydrogen-bond acceptors (Lipinski definition) is 5. The lowest BCUT2D eigenvalue weighted by molar-refractivity contribution is 0.878. The lowest BCUT2D eigenvalue weighted by Crippen LogP contribution is -2.15. The Labute approximate surface area is 319 Å². The lowest BCUT2D eigenvalue weighted by atomic mass is 10.0. The van der Waals surface area contributed by atoms with E-state index in [1.807, 2.05) is 40.9 Å². The zero-order chi connectivity index (χ0) is 35.6. The number of aliphatic imine (C=N–C) groups is 2. The van der Waals surface area contributed by atoms with Crippen LogP contribution in [-0.4, -0.2) is 16.7 Å². The van der Waals surface area contributed by atoms with Crippen molar-refractivity contribution >= 4 is 85.6 Å². The van der Waals surface area contributed by atoms with Crippen molar-refractivity contribution in [3.05, 3.63) is 192 Å². The Kier molecular flexibility index (Phi) is 7.25. The van der Waals surface area contributed by atoms with Gasteiger partial charge >= 0.3 is 0 Å². The van der Waals surface area contributed by atoms with Gasteiger partial charge in [-0.25, -0.2) is 4.98 Å². The van der Waals surface area contributed by atoms with E-state index in [1.54, 1.807) is 0 Å². The van der Waals surface area contributed by atoms with Crippen LogP contribution in [0, 0.1) is 0 Å². The second-order valence-electron chi connectivity index (χ2n) is 13.5. The molecule has 254 valence electrons. The summed E-state index contributed by atoms with van der Waals surface area (Å²) < 4.78 is 5.06. The molecule has 0 N–H and O–H groups in total. The van der Waals surface area contributed by atoms with E-state index in [0.717, 1.165) is 44.2 Å². The van der Waals surface area contributed by atoms with Crippen molar-refractivity contribution < 1.29 is 0 Å². The Morgan fingerprint density at radius 3 is 2.00 bits per heavy atom. The van der Waals surface area contributed by atoms with Crippen molar-refractivity contribution in [2.24, 2.45) is 9.98 Å². The summed E-state index contributed by atoms with van der Waals surface area (Å²) in [5, 5.41) is 11.2. The van der Waals surface area contributed by atoms with Crippen LogP contribution in [0.1, 0.15) is 22.9 Å². The second kappa shape index (κ2) is 12.6. The zero-order valence-corrected chi connectivity index (χ0v) is 30.5. The van der Waals surface area contributed by atoms with Gasteiger partial charge in [0.1, 0.15) is 0 Å². The van der Waals surface area contributed by atoms with Gasteiger partial charge in [-0.05, 0) is 52.1 Å². The summed E-state index contributed by atoms with van der Waals surface area (Å²) in [5.74, 6) is 1.35. The third-order valence-electron chi connectivity index (χ3n) is 10.3. The standard InChI is InChI=1S/C48H29N4S2/c1-3-12-30(13-4-1)43-42-38-28-33(26-27-41(38)54-45(42)37-17-7-9-20-39(37)49-43)48-51-46(31-14-5-2-6-15-31)50-47(52-48)32-24-22-29(23-25-32)34-18-11-19-36-35-16-8-10-21-40(35)53-44(34)36/h1-28,46H/q-1. The van der Waals surface area contributed by atoms with Crippen molar-refractivity contribution in [3.63, 3.8) is 0 Å². The van der Waals surface area contributed by atoms with Crippen molar-refractivity contribution in [2.75, 3.05) is 0 Å². The van der Waals surface area contributed by atoms with E-state index in [0.29, 0.717) is 11.7 Å². The molecule has 4 heterocycles. The zero-order valence-electron chi connectivity index (χ0n) is 28.8. The quantitative estimate of drug-likeness (QED) is 0.174. The van der Waals surface area contributed by atoms with E-state index in [-0.39, 0.29) is 0 Å². The highest BCUT2D eigenvalue weighted by atomic mass is 32.1. The van der Waals surface area contributed by atoms with E-state index in [4.69, 9.17) is 20.3 Å². The molecule has 10 aromatic rings. The lowest BCUT2D eigenvalue weighted by Gasteiger charge is -2.32.